The number of rotatable bonds is 8. The molecule has 0 unspecified atom stereocenters. The van der Waals surface area contributed by atoms with Crippen molar-refractivity contribution in [3.8, 4) is 11.3 Å². The van der Waals surface area contributed by atoms with E-state index < -0.39 is 13.7 Å². The summed E-state index contributed by atoms with van der Waals surface area (Å²) in [4.78, 5) is 30.6. The van der Waals surface area contributed by atoms with Crippen molar-refractivity contribution in [1.82, 2.24) is 24.4 Å². The van der Waals surface area contributed by atoms with Crippen LogP contribution in [0.3, 0.4) is 0 Å². The second kappa shape index (κ2) is 11.4. The number of piperidine rings is 1. The van der Waals surface area contributed by atoms with Crippen LogP contribution in [0.15, 0.2) is 37.1 Å². The number of amides is 1. The van der Waals surface area contributed by atoms with Crippen LogP contribution in [0.5, 0.6) is 0 Å². The van der Waals surface area contributed by atoms with Crippen LogP contribution in [0.25, 0.3) is 22.3 Å². The highest BCUT2D eigenvalue weighted by atomic mass is 28.3. The summed E-state index contributed by atoms with van der Waals surface area (Å²) in [6.45, 7) is 15.5. The zero-order valence-corrected chi connectivity index (χ0v) is 24.9. The van der Waals surface area contributed by atoms with Gasteiger partial charge in [-0.15, -0.1) is 0 Å². The molecule has 10 heteroatoms. The average molecular weight is 539 g/mol. The first-order valence-electron chi connectivity index (χ1n) is 13.5. The molecule has 0 N–H and O–H groups in total. The third kappa shape index (κ3) is 6.90. The number of pyridine rings is 1. The summed E-state index contributed by atoms with van der Waals surface area (Å²) in [7, 11) is 0.660. The number of fused-ring (bicyclic) bond motifs is 1. The van der Waals surface area contributed by atoms with Crippen LogP contribution in [-0.4, -0.2) is 77.0 Å². The molecule has 1 fully saturated rings. The Morgan fingerprint density at radius 2 is 1.97 bits per heavy atom. The Labute approximate surface area is 227 Å². The Morgan fingerprint density at radius 3 is 2.66 bits per heavy atom. The molecule has 1 atom stereocenters. The van der Waals surface area contributed by atoms with E-state index in [1.54, 1.807) is 23.5 Å². The standard InChI is InChI=1S/C28H42N6O3Si/c1-28(2,3)37-27(35)32(4)21-9-8-14-33(18-21)24-10-11-31-26-25(24)22(23-17-29-12-13-30-23)19-34(26)20-36-15-16-38(5,6)7/h10-13,17,19,21H,8-9,14-16,18,20H2,1-7H3/t21-/m0/s1. The lowest BCUT2D eigenvalue weighted by atomic mass is 10.0. The number of ether oxygens (including phenoxy) is 2. The molecule has 9 nitrogen and oxygen atoms in total. The van der Waals surface area contributed by atoms with E-state index in [4.69, 9.17) is 14.5 Å². The molecule has 1 aliphatic rings. The number of hydrogen-bond donors (Lipinski definition) is 0. The van der Waals surface area contributed by atoms with Gasteiger partial charge in [0.2, 0.25) is 0 Å². The van der Waals surface area contributed by atoms with Gasteiger partial charge < -0.3 is 23.8 Å². The van der Waals surface area contributed by atoms with Crippen LogP contribution in [-0.2, 0) is 16.2 Å². The number of anilines is 1. The summed E-state index contributed by atoms with van der Waals surface area (Å²) < 4.78 is 13.8. The monoisotopic (exact) mass is 538 g/mol. The van der Waals surface area contributed by atoms with Crippen molar-refractivity contribution in [2.75, 3.05) is 31.6 Å². The number of hydrogen-bond acceptors (Lipinski definition) is 7. The Bertz CT molecular complexity index is 1240. The maximum absolute atomic E-state index is 12.8. The van der Waals surface area contributed by atoms with Crippen molar-refractivity contribution < 1.29 is 14.3 Å². The molecule has 38 heavy (non-hydrogen) atoms. The number of carbonyl (C=O) groups excluding carboxylic acids is 1. The molecule has 206 valence electrons. The summed E-state index contributed by atoms with van der Waals surface area (Å²) in [5, 5.41) is 1.03. The number of carbonyl (C=O) groups is 1. The third-order valence-corrected chi connectivity index (χ3v) is 8.47. The summed E-state index contributed by atoms with van der Waals surface area (Å²) >= 11 is 0. The highest BCUT2D eigenvalue weighted by Crippen LogP contribution is 2.37. The van der Waals surface area contributed by atoms with Gasteiger partial charge >= 0.3 is 6.09 Å². The van der Waals surface area contributed by atoms with Gasteiger partial charge in [0.05, 0.1) is 29.0 Å². The van der Waals surface area contributed by atoms with Crippen molar-refractivity contribution in [3.05, 3.63) is 37.1 Å². The van der Waals surface area contributed by atoms with Crippen molar-refractivity contribution in [2.45, 2.75) is 77.7 Å². The Morgan fingerprint density at radius 1 is 1.18 bits per heavy atom. The minimum atomic E-state index is -1.18. The fourth-order valence-corrected chi connectivity index (χ4v) is 5.46. The highest BCUT2D eigenvalue weighted by Gasteiger charge is 2.30. The van der Waals surface area contributed by atoms with E-state index in [1.807, 2.05) is 34.0 Å². The van der Waals surface area contributed by atoms with E-state index in [2.05, 4.69) is 51.3 Å². The van der Waals surface area contributed by atoms with E-state index in [-0.39, 0.29) is 12.1 Å². The molecule has 1 amide bonds. The van der Waals surface area contributed by atoms with Crippen molar-refractivity contribution in [2.24, 2.45) is 0 Å². The second-order valence-electron chi connectivity index (χ2n) is 12.3. The first-order chi connectivity index (χ1) is 17.9. The van der Waals surface area contributed by atoms with E-state index in [1.165, 1.54) is 0 Å². The van der Waals surface area contributed by atoms with Crippen LogP contribution in [0.1, 0.15) is 33.6 Å². The first-order valence-corrected chi connectivity index (χ1v) is 17.2. The zero-order chi connectivity index (χ0) is 27.5. The quantitative estimate of drug-likeness (QED) is 0.271. The second-order valence-corrected chi connectivity index (χ2v) is 17.9. The average Bonchev–Trinajstić information content (AvgIpc) is 3.24. The van der Waals surface area contributed by atoms with Gasteiger partial charge in [-0.2, -0.15) is 0 Å². The molecular formula is C28H42N6O3Si. The van der Waals surface area contributed by atoms with E-state index in [0.717, 1.165) is 60.0 Å². The van der Waals surface area contributed by atoms with E-state index in [9.17, 15) is 4.79 Å². The number of nitrogens with zero attached hydrogens (tertiary/aromatic N) is 6. The predicted molar refractivity (Wildman–Crippen MR) is 154 cm³/mol. The summed E-state index contributed by atoms with van der Waals surface area (Å²) in [6.07, 6.45) is 10.7. The highest BCUT2D eigenvalue weighted by molar-refractivity contribution is 6.76. The molecule has 3 aromatic heterocycles. The van der Waals surface area contributed by atoms with Gasteiger partial charge in [-0.3, -0.25) is 9.97 Å². The van der Waals surface area contributed by atoms with Crippen molar-refractivity contribution in [3.63, 3.8) is 0 Å². The summed E-state index contributed by atoms with van der Waals surface area (Å²) in [5.74, 6) is 0. The molecule has 0 aliphatic carbocycles. The molecular weight excluding hydrogens is 496 g/mol. The Hall–Kier alpha value is -2.98. The molecule has 0 bridgehead atoms. The lowest BCUT2D eigenvalue weighted by molar-refractivity contribution is 0.0210. The van der Waals surface area contributed by atoms with Crippen LogP contribution in [0, 0.1) is 0 Å². The number of likely N-dealkylation sites (N-methyl/N-ethyl adjacent to an activating group) is 1. The molecule has 4 rings (SSSR count). The zero-order valence-electron chi connectivity index (χ0n) is 23.9. The Kier molecular flexibility index (Phi) is 8.42. The molecule has 0 aromatic carbocycles. The maximum Gasteiger partial charge on any atom is 0.410 e. The van der Waals surface area contributed by atoms with Crippen LogP contribution in [0.2, 0.25) is 25.7 Å². The smallest absolute Gasteiger partial charge is 0.410 e. The van der Waals surface area contributed by atoms with Crippen molar-refractivity contribution in [1.29, 1.82) is 0 Å². The maximum atomic E-state index is 12.8. The summed E-state index contributed by atoms with van der Waals surface area (Å²) in [6, 6.07) is 3.23. The first kappa shape index (κ1) is 28.0. The Balaban J connectivity index is 1.65. The normalized spacial score (nSPS) is 16.6. The molecule has 3 aromatic rings. The molecule has 1 aliphatic heterocycles. The topological polar surface area (TPSA) is 85.6 Å². The van der Waals surface area contributed by atoms with Gasteiger partial charge in [-0.05, 0) is 45.7 Å². The number of aromatic nitrogens is 4. The van der Waals surface area contributed by atoms with E-state index in [0.29, 0.717) is 13.3 Å². The SMILES string of the molecule is CN(C(=O)OC(C)(C)C)[C@H]1CCCN(c2ccnc3c2c(-c2cnccn2)cn3COCC[Si](C)(C)C)C1. The van der Waals surface area contributed by atoms with Gasteiger partial charge in [-0.25, -0.2) is 9.78 Å². The third-order valence-electron chi connectivity index (χ3n) is 6.77. The van der Waals surface area contributed by atoms with Crippen LogP contribution in [0.4, 0.5) is 10.5 Å². The molecule has 0 spiro atoms. The fraction of sp³-hybridized carbons (Fsp3) is 0.571. The molecule has 0 radical (unpaired) electrons. The van der Waals surface area contributed by atoms with Gasteiger partial charge in [0.25, 0.3) is 0 Å². The molecule has 4 heterocycles. The minimum absolute atomic E-state index is 0.0498. The lowest BCUT2D eigenvalue weighted by Gasteiger charge is -2.39. The van der Waals surface area contributed by atoms with Gasteiger partial charge in [0, 0.05) is 65.2 Å². The fourth-order valence-electron chi connectivity index (χ4n) is 4.71. The summed E-state index contributed by atoms with van der Waals surface area (Å²) in [5.41, 5.74) is 3.19. The van der Waals surface area contributed by atoms with Crippen LogP contribution < -0.4 is 4.90 Å². The minimum Gasteiger partial charge on any atom is -0.444 e. The lowest BCUT2D eigenvalue weighted by Crippen LogP contribution is -2.49. The molecule has 1 saturated heterocycles. The van der Waals surface area contributed by atoms with E-state index >= 15 is 0 Å². The van der Waals surface area contributed by atoms with Gasteiger partial charge in [-0.1, -0.05) is 19.6 Å². The largest absolute Gasteiger partial charge is 0.444 e. The molecule has 0 saturated carbocycles. The van der Waals surface area contributed by atoms with Gasteiger partial charge in [0.1, 0.15) is 18.0 Å². The van der Waals surface area contributed by atoms with Gasteiger partial charge in [0.15, 0.2) is 0 Å². The predicted octanol–water partition coefficient (Wildman–Crippen LogP) is 5.64. The van der Waals surface area contributed by atoms with Crippen molar-refractivity contribution >= 4 is 30.9 Å². The van der Waals surface area contributed by atoms with Crippen LogP contribution >= 0.6 is 0 Å².